The number of nitrogens with zero attached hydrogens (tertiary/aromatic N) is 1. The molecule has 0 saturated carbocycles. The summed E-state index contributed by atoms with van der Waals surface area (Å²) >= 11 is 5.34. The number of amides is 1. The van der Waals surface area contributed by atoms with Crippen LogP contribution in [0.15, 0.2) is 16.9 Å². The van der Waals surface area contributed by atoms with Crippen molar-refractivity contribution in [1.82, 2.24) is 14.9 Å². The van der Waals surface area contributed by atoms with Gasteiger partial charge in [-0.25, -0.2) is 0 Å². The molecule has 0 spiro atoms. The summed E-state index contributed by atoms with van der Waals surface area (Å²) in [5.74, 6) is 0.991. The molecule has 0 bridgehead atoms. The van der Waals surface area contributed by atoms with Gasteiger partial charge in [0.1, 0.15) is 0 Å². The summed E-state index contributed by atoms with van der Waals surface area (Å²) in [6.45, 7) is 7.69. The topological polar surface area (TPSA) is 85.3 Å². The minimum atomic E-state index is -0.249. The number of hydrogen-bond acceptors (Lipinski definition) is 5. The van der Waals surface area contributed by atoms with Gasteiger partial charge in [0, 0.05) is 25.6 Å². The molecule has 1 aromatic carbocycles. The quantitative estimate of drug-likeness (QED) is 0.439. The van der Waals surface area contributed by atoms with Crippen LogP contribution in [0.2, 0.25) is 0 Å². The van der Waals surface area contributed by atoms with E-state index in [2.05, 4.69) is 17.2 Å². The van der Waals surface area contributed by atoms with Crippen molar-refractivity contribution in [3.05, 3.63) is 27.3 Å². The number of carbonyl (C=O) groups excluding carboxylic acids is 1. The zero-order valence-electron chi connectivity index (χ0n) is 16.8. The van der Waals surface area contributed by atoms with Crippen LogP contribution in [0.4, 0.5) is 0 Å². The number of benzene rings is 1. The third-order valence-electron chi connectivity index (χ3n) is 4.31. The number of carbonyl (C=O) groups is 1. The molecular formula is C20H29N3O4S. The lowest BCUT2D eigenvalue weighted by Crippen LogP contribution is -2.29. The minimum Gasteiger partial charge on any atom is -0.490 e. The highest BCUT2D eigenvalue weighted by Gasteiger charge is 2.13. The average molecular weight is 408 g/mol. The third-order valence-corrected chi connectivity index (χ3v) is 4.63. The average Bonchev–Trinajstić information content (AvgIpc) is 2.66. The number of rotatable bonds is 11. The van der Waals surface area contributed by atoms with Crippen LogP contribution in [-0.4, -0.2) is 35.2 Å². The number of unbranched alkanes of at least 4 members (excludes halogenated alkanes) is 2. The Morgan fingerprint density at radius 1 is 1.14 bits per heavy atom. The second kappa shape index (κ2) is 10.8. The number of ether oxygens (including phenoxy) is 2. The van der Waals surface area contributed by atoms with Gasteiger partial charge in [0.25, 0.3) is 5.56 Å². The molecule has 1 amide bonds. The monoisotopic (exact) mass is 407 g/mol. The van der Waals surface area contributed by atoms with Crippen molar-refractivity contribution in [2.75, 3.05) is 19.8 Å². The first kappa shape index (κ1) is 21.9. The van der Waals surface area contributed by atoms with E-state index >= 15 is 0 Å². The molecule has 154 valence electrons. The van der Waals surface area contributed by atoms with Gasteiger partial charge in [-0.3, -0.25) is 14.2 Å². The highest BCUT2D eigenvalue weighted by Crippen LogP contribution is 2.30. The largest absolute Gasteiger partial charge is 0.490 e. The lowest BCUT2D eigenvalue weighted by molar-refractivity contribution is -0.121. The van der Waals surface area contributed by atoms with E-state index in [-0.39, 0.29) is 29.2 Å². The van der Waals surface area contributed by atoms with Crippen LogP contribution in [0, 0.1) is 4.77 Å². The van der Waals surface area contributed by atoms with E-state index in [1.165, 1.54) is 4.57 Å². The molecule has 1 aromatic heterocycles. The molecule has 1 heterocycles. The first-order valence-corrected chi connectivity index (χ1v) is 10.3. The van der Waals surface area contributed by atoms with E-state index < -0.39 is 0 Å². The number of H-pyrrole nitrogens is 1. The molecule has 2 N–H and O–H groups in total. The number of hydrogen-bond donors (Lipinski definition) is 2. The molecular weight excluding hydrogens is 378 g/mol. The summed E-state index contributed by atoms with van der Waals surface area (Å²) in [4.78, 5) is 28.0. The Labute approximate surface area is 170 Å². The summed E-state index contributed by atoms with van der Waals surface area (Å²) in [5.41, 5.74) is 0.337. The summed E-state index contributed by atoms with van der Waals surface area (Å²) in [7, 11) is 0. The zero-order valence-corrected chi connectivity index (χ0v) is 17.6. The van der Waals surface area contributed by atoms with Gasteiger partial charge < -0.3 is 19.8 Å². The highest BCUT2D eigenvalue weighted by atomic mass is 32.1. The number of aromatic nitrogens is 2. The lowest BCUT2D eigenvalue weighted by atomic mass is 10.2. The minimum absolute atomic E-state index is 0.0841. The van der Waals surface area contributed by atoms with E-state index in [1.54, 1.807) is 12.1 Å². The predicted molar refractivity (Wildman–Crippen MR) is 113 cm³/mol. The van der Waals surface area contributed by atoms with Crippen LogP contribution in [0.1, 0.15) is 46.5 Å². The second-order valence-corrected chi connectivity index (χ2v) is 6.79. The molecule has 0 aliphatic rings. The van der Waals surface area contributed by atoms with Crippen molar-refractivity contribution >= 4 is 29.0 Å². The highest BCUT2D eigenvalue weighted by molar-refractivity contribution is 7.71. The molecule has 2 rings (SSSR count). The standard InChI is InChI=1S/C20H29N3O4S/c1-4-7-8-10-21-18(24)9-11-23-19(25)14-12-16(26-5-2)17(27-6-3)13-15(14)22-20(23)28/h12-13H,4-11H2,1-3H3,(H,21,24)(H,22,28). The van der Waals surface area contributed by atoms with Gasteiger partial charge in [0.15, 0.2) is 16.3 Å². The molecule has 0 radical (unpaired) electrons. The van der Waals surface area contributed by atoms with Crippen LogP contribution in [0.5, 0.6) is 11.5 Å². The predicted octanol–water partition coefficient (Wildman–Crippen LogP) is 3.55. The van der Waals surface area contributed by atoms with Crippen molar-refractivity contribution in [3.63, 3.8) is 0 Å². The number of nitrogens with one attached hydrogen (secondary N) is 2. The third kappa shape index (κ3) is 5.58. The van der Waals surface area contributed by atoms with E-state index in [4.69, 9.17) is 21.7 Å². The smallest absolute Gasteiger partial charge is 0.262 e. The zero-order chi connectivity index (χ0) is 20.5. The van der Waals surface area contributed by atoms with Crippen molar-refractivity contribution < 1.29 is 14.3 Å². The molecule has 0 atom stereocenters. The van der Waals surface area contributed by atoms with Crippen molar-refractivity contribution in [1.29, 1.82) is 0 Å². The van der Waals surface area contributed by atoms with E-state index in [1.807, 2.05) is 13.8 Å². The van der Waals surface area contributed by atoms with Gasteiger partial charge in [-0.05, 0) is 38.6 Å². The molecule has 0 unspecified atom stereocenters. The Kier molecular flexibility index (Phi) is 8.50. The van der Waals surface area contributed by atoms with Crippen molar-refractivity contribution in [2.24, 2.45) is 0 Å². The maximum atomic E-state index is 12.9. The van der Waals surface area contributed by atoms with Gasteiger partial charge in [0.05, 0.1) is 24.1 Å². The Balaban J connectivity index is 2.25. The maximum absolute atomic E-state index is 12.9. The SMILES string of the molecule is CCCCCNC(=O)CCn1c(=S)[nH]c2cc(OCC)c(OCC)cc2c1=O. The van der Waals surface area contributed by atoms with E-state index in [9.17, 15) is 9.59 Å². The van der Waals surface area contributed by atoms with Gasteiger partial charge >= 0.3 is 0 Å². The van der Waals surface area contributed by atoms with Gasteiger partial charge in [-0.2, -0.15) is 0 Å². The first-order valence-electron chi connectivity index (χ1n) is 9.84. The lowest BCUT2D eigenvalue weighted by Gasteiger charge is -2.13. The maximum Gasteiger partial charge on any atom is 0.262 e. The fourth-order valence-electron chi connectivity index (χ4n) is 2.90. The van der Waals surface area contributed by atoms with Gasteiger partial charge in [0.2, 0.25) is 5.91 Å². The van der Waals surface area contributed by atoms with Crippen LogP contribution in [-0.2, 0) is 11.3 Å². The number of fused-ring (bicyclic) bond motifs is 1. The fraction of sp³-hybridized carbons (Fsp3) is 0.550. The molecule has 2 aromatic rings. The Bertz CT molecular complexity index is 920. The summed E-state index contributed by atoms with van der Waals surface area (Å²) in [6.07, 6.45) is 3.35. The molecule has 8 heteroatoms. The van der Waals surface area contributed by atoms with Gasteiger partial charge in [-0.1, -0.05) is 19.8 Å². The first-order chi connectivity index (χ1) is 13.5. The Morgan fingerprint density at radius 2 is 1.82 bits per heavy atom. The Morgan fingerprint density at radius 3 is 2.46 bits per heavy atom. The fourth-order valence-corrected chi connectivity index (χ4v) is 3.19. The summed E-state index contributed by atoms with van der Waals surface area (Å²) in [6, 6.07) is 3.39. The van der Waals surface area contributed by atoms with Crippen LogP contribution >= 0.6 is 12.2 Å². The molecule has 0 saturated heterocycles. The van der Waals surface area contributed by atoms with Crippen LogP contribution in [0.3, 0.4) is 0 Å². The molecule has 7 nitrogen and oxygen atoms in total. The second-order valence-electron chi connectivity index (χ2n) is 6.40. The molecule has 0 aliphatic heterocycles. The summed E-state index contributed by atoms with van der Waals surface area (Å²) < 4.78 is 12.9. The number of aromatic amines is 1. The molecule has 0 aliphatic carbocycles. The van der Waals surface area contributed by atoms with Crippen molar-refractivity contribution in [2.45, 2.75) is 53.0 Å². The van der Waals surface area contributed by atoms with Crippen LogP contribution < -0.4 is 20.3 Å². The van der Waals surface area contributed by atoms with E-state index in [0.717, 1.165) is 19.3 Å². The Hall–Kier alpha value is -2.35. The normalized spacial score (nSPS) is 10.8. The molecule has 0 fully saturated rings. The van der Waals surface area contributed by atoms with Crippen molar-refractivity contribution in [3.8, 4) is 11.5 Å². The van der Waals surface area contributed by atoms with Gasteiger partial charge in [-0.15, -0.1) is 0 Å². The van der Waals surface area contributed by atoms with Crippen LogP contribution in [0.25, 0.3) is 10.9 Å². The van der Waals surface area contributed by atoms with E-state index in [0.29, 0.717) is 42.2 Å². The molecule has 28 heavy (non-hydrogen) atoms. The summed E-state index contributed by atoms with van der Waals surface area (Å²) in [5, 5.41) is 3.32.